The summed E-state index contributed by atoms with van der Waals surface area (Å²) in [4.78, 5) is 16.5. The summed E-state index contributed by atoms with van der Waals surface area (Å²) in [5.41, 5.74) is 0. The lowest BCUT2D eigenvalue weighted by Gasteiger charge is -2.32. The van der Waals surface area contributed by atoms with Crippen molar-refractivity contribution in [1.82, 2.24) is 9.80 Å². The molecule has 0 aliphatic carbocycles. The van der Waals surface area contributed by atoms with E-state index in [-0.39, 0.29) is 5.97 Å². The Bertz CT molecular complexity index is 290. The molecular formula is C16H30N2O2. The number of likely N-dealkylation sites (tertiary alicyclic amines) is 2. The van der Waals surface area contributed by atoms with E-state index in [4.69, 9.17) is 4.74 Å². The predicted octanol–water partition coefficient (Wildman–Crippen LogP) is 2.28. The molecule has 116 valence electrons. The number of carbonyl (C=O) groups is 1. The lowest BCUT2D eigenvalue weighted by molar-refractivity contribution is -0.143. The Morgan fingerprint density at radius 2 is 1.95 bits per heavy atom. The summed E-state index contributed by atoms with van der Waals surface area (Å²) in [5.74, 6) is -0.0416. The molecule has 0 bridgehead atoms. The second-order valence-corrected chi connectivity index (χ2v) is 6.10. The van der Waals surface area contributed by atoms with Crippen molar-refractivity contribution in [2.24, 2.45) is 0 Å². The molecule has 4 heteroatoms. The normalized spacial score (nSPS) is 24.9. The van der Waals surface area contributed by atoms with Gasteiger partial charge in [-0.2, -0.15) is 0 Å². The van der Waals surface area contributed by atoms with Crippen LogP contribution in [-0.4, -0.2) is 61.1 Å². The zero-order valence-corrected chi connectivity index (χ0v) is 13.0. The summed E-state index contributed by atoms with van der Waals surface area (Å²) in [6.07, 6.45) is 8.18. The third-order valence-corrected chi connectivity index (χ3v) is 4.57. The van der Waals surface area contributed by atoms with Crippen LogP contribution in [0.4, 0.5) is 0 Å². The van der Waals surface area contributed by atoms with Gasteiger partial charge in [0, 0.05) is 19.0 Å². The highest BCUT2D eigenvalue weighted by atomic mass is 16.5. The fraction of sp³-hybridized carbons (Fsp3) is 0.938. The summed E-state index contributed by atoms with van der Waals surface area (Å²) in [5, 5.41) is 0. The van der Waals surface area contributed by atoms with E-state index in [1.54, 1.807) is 0 Å². The zero-order valence-electron chi connectivity index (χ0n) is 13.0. The van der Waals surface area contributed by atoms with Crippen LogP contribution in [0.5, 0.6) is 0 Å². The predicted molar refractivity (Wildman–Crippen MR) is 80.8 cm³/mol. The third kappa shape index (κ3) is 5.06. The van der Waals surface area contributed by atoms with E-state index in [1.807, 2.05) is 6.92 Å². The number of ether oxygens (including phenoxy) is 1. The molecule has 0 aromatic heterocycles. The molecule has 2 aliphatic heterocycles. The van der Waals surface area contributed by atoms with Crippen LogP contribution in [-0.2, 0) is 9.53 Å². The average Bonchev–Trinajstić information content (AvgIpc) is 2.94. The third-order valence-electron chi connectivity index (χ3n) is 4.57. The molecular weight excluding hydrogens is 252 g/mol. The Balaban J connectivity index is 1.55. The van der Waals surface area contributed by atoms with Crippen LogP contribution in [0.2, 0.25) is 0 Å². The molecule has 0 N–H and O–H groups in total. The van der Waals surface area contributed by atoms with Gasteiger partial charge < -0.3 is 9.64 Å². The van der Waals surface area contributed by atoms with Gasteiger partial charge in [0.15, 0.2) is 0 Å². The number of unbranched alkanes of at least 4 members (excludes halogenated alkanes) is 1. The summed E-state index contributed by atoms with van der Waals surface area (Å²) < 4.78 is 4.95. The fourth-order valence-electron chi connectivity index (χ4n) is 3.43. The molecule has 20 heavy (non-hydrogen) atoms. The number of esters is 1. The molecule has 2 saturated heterocycles. The molecule has 1 atom stereocenters. The number of hydrogen-bond acceptors (Lipinski definition) is 4. The second kappa shape index (κ2) is 8.63. The van der Waals surface area contributed by atoms with Gasteiger partial charge in [0.2, 0.25) is 0 Å². The lowest BCUT2D eigenvalue weighted by Crippen LogP contribution is -2.40. The summed E-state index contributed by atoms with van der Waals surface area (Å²) in [6.45, 7) is 8.60. The first-order chi connectivity index (χ1) is 9.79. The first kappa shape index (κ1) is 15.8. The molecule has 2 fully saturated rings. The molecule has 2 aliphatic rings. The monoisotopic (exact) mass is 282 g/mol. The minimum Gasteiger partial charge on any atom is -0.466 e. The van der Waals surface area contributed by atoms with Crippen molar-refractivity contribution in [3.8, 4) is 0 Å². The van der Waals surface area contributed by atoms with Crippen LogP contribution in [0.15, 0.2) is 0 Å². The highest BCUT2D eigenvalue weighted by molar-refractivity contribution is 5.69. The standard InChI is InChI=1S/C16H30N2O2/c1-2-20-16(19)8-4-7-10-17-13-9-15(14-17)18-11-5-3-6-12-18/h15H,2-14H2,1H3. The van der Waals surface area contributed by atoms with Crippen molar-refractivity contribution >= 4 is 5.97 Å². The Labute approximate surface area is 123 Å². The van der Waals surface area contributed by atoms with Gasteiger partial charge in [0.1, 0.15) is 0 Å². The van der Waals surface area contributed by atoms with Crippen LogP contribution in [0.1, 0.15) is 51.9 Å². The number of piperidine rings is 1. The van der Waals surface area contributed by atoms with Crippen molar-refractivity contribution < 1.29 is 9.53 Å². The van der Waals surface area contributed by atoms with Crippen molar-refractivity contribution in [3.05, 3.63) is 0 Å². The van der Waals surface area contributed by atoms with Gasteiger partial charge in [-0.25, -0.2) is 0 Å². The first-order valence-electron chi connectivity index (χ1n) is 8.41. The average molecular weight is 282 g/mol. The fourth-order valence-corrected chi connectivity index (χ4v) is 3.43. The highest BCUT2D eigenvalue weighted by Crippen LogP contribution is 2.20. The second-order valence-electron chi connectivity index (χ2n) is 6.10. The Kier molecular flexibility index (Phi) is 6.80. The van der Waals surface area contributed by atoms with Gasteiger partial charge in [0.05, 0.1) is 6.61 Å². The molecule has 0 amide bonds. The number of carbonyl (C=O) groups excluding carboxylic acids is 1. The summed E-state index contributed by atoms with van der Waals surface area (Å²) in [7, 11) is 0. The van der Waals surface area contributed by atoms with Gasteiger partial charge in [0.25, 0.3) is 0 Å². The molecule has 2 rings (SSSR count). The van der Waals surface area contributed by atoms with E-state index in [0.717, 1.165) is 25.4 Å². The molecule has 4 nitrogen and oxygen atoms in total. The van der Waals surface area contributed by atoms with Gasteiger partial charge >= 0.3 is 5.97 Å². The molecule has 0 aromatic rings. The lowest BCUT2D eigenvalue weighted by atomic mass is 10.1. The van der Waals surface area contributed by atoms with E-state index >= 15 is 0 Å². The van der Waals surface area contributed by atoms with Crippen molar-refractivity contribution in [1.29, 1.82) is 0 Å². The van der Waals surface area contributed by atoms with Crippen LogP contribution < -0.4 is 0 Å². The Morgan fingerprint density at radius 3 is 2.70 bits per heavy atom. The van der Waals surface area contributed by atoms with E-state index in [2.05, 4.69) is 9.80 Å². The molecule has 1 unspecified atom stereocenters. The van der Waals surface area contributed by atoms with Crippen LogP contribution in [0.25, 0.3) is 0 Å². The maximum Gasteiger partial charge on any atom is 0.305 e. The molecule has 0 radical (unpaired) electrons. The van der Waals surface area contributed by atoms with Crippen LogP contribution >= 0.6 is 0 Å². The summed E-state index contributed by atoms with van der Waals surface area (Å²) >= 11 is 0. The Morgan fingerprint density at radius 1 is 1.15 bits per heavy atom. The summed E-state index contributed by atoms with van der Waals surface area (Å²) in [6, 6.07) is 0.792. The maximum absolute atomic E-state index is 11.3. The Hall–Kier alpha value is -0.610. The van der Waals surface area contributed by atoms with Crippen LogP contribution in [0.3, 0.4) is 0 Å². The molecule has 0 aromatic carbocycles. The van der Waals surface area contributed by atoms with Gasteiger partial charge in [-0.1, -0.05) is 6.42 Å². The quantitative estimate of drug-likeness (QED) is 0.530. The SMILES string of the molecule is CCOC(=O)CCCCN1CCC(N2CCCCC2)C1. The van der Waals surface area contributed by atoms with E-state index in [9.17, 15) is 4.79 Å². The zero-order chi connectivity index (χ0) is 14.2. The van der Waals surface area contributed by atoms with Crippen molar-refractivity contribution in [2.45, 2.75) is 57.9 Å². The maximum atomic E-state index is 11.3. The van der Waals surface area contributed by atoms with E-state index < -0.39 is 0 Å². The van der Waals surface area contributed by atoms with Crippen LogP contribution in [0, 0.1) is 0 Å². The highest BCUT2D eigenvalue weighted by Gasteiger charge is 2.27. The topological polar surface area (TPSA) is 32.8 Å². The van der Waals surface area contributed by atoms with Gasteiger partial charge in [-0.3, -0.25) is 9.69 Å². The van der Waals surface area contributed by atoms with Gasteiger partial charge in [-0.15, -0.1) is 0 Å². The van der Waals surface area contributed by atoms with E-state index in [1.165, 1.54) is 51.9 Å². The van der Waals surface area contributed by atoms with Crippen molar-refractivity contribution in [3.63, 3.8) is 0 Å². The molecule has 0 spiro atoms. The largest absolute Gasteiger partial charge is 0.466 e. The molecule has 2 heterocycles. The smallest absolute Gasteiger partial charge is 0.305 e. The minimum atomic E-state index is -0.0416. The number of rotatable bonds is 7. The number of nitrogens with zero attached hydrogens (tertiary/aromatic N) is 2. The first-order valence-corrected chi connectivity index (χ1v) is 8.41. The van der Waals surface area contributed by atoms with Gasteiger partial charge in [-0.05, 0) is 65.2 Å². The minimum absolute atomic E-state index is 0.0416. The number of hydrogen-bond donors (Lipinski definition) is 0. The van der Waals surface area contributed by atoms with Crippen molar-refractivity contribution in [2.75, 3.05) is 39.3 Å². The molecule has 0 saturated carbocycles. The van der Waals surface area contributed by atoms with E-state index in [0.29, 0.717) is 13.0 Å².